The lowest BCUT2D eigenvalue weighted by Gasteiger charge is -2.13. The normalized spacial score (nSPS) is 10.2. The van der Waals surface area contributed by atoms with Crippen LogP contribution < -0.4 is 4.74 Å². The van der Waals surface area contributed by atoms with E-state index in [2.05, 4.69) is 15.9 Å². The fraction of sp³-hybridized carbons (Fsp3) is 0.417. The maximum atomic E-state index is 11.1. The van der Waals surface area contributed by atoms with E-state index in [1.165, 1.54) is 5.56 Å². The second kappa shape index (κ2) is 4.79. The van der Waals surface area contributed by atoms with Gasteiger partial charge in [0.15, 0.2) is 0 Å². The molecule has 1 rings (SSSR count). The van der Waals surface area contributed by atoms with Crippen LogP contribution in [0.3, 0.4) is 0 Å². The number of ketones is 1. The van der Waals surface area contributed by atoms with Gasteiger partial charge in [-0.05, 0) is 47.8 Å². The molecule has 0 aliphatic carbocycles. The quantitative estimate of drug-likeness (QED) is 0.843. The molecule has 0 spiro atoms. The van der Waals surface area contributed by atoms with Gasteiger partial charge in [0, 0.05) is 12.0 Å². The molecular weight excluding hydrogens is 256 g/mol. The highest BCUT2D eigenvalue weighted by Crippen LogP contribution is 2.34. The number of halogens is 1. The lowest BCUT2D eigenvalue weighted by molar-refractivity contribution is -0.116. The van der Waals surface area contributed by atoms with Gasteiger partial charge in [-0.1, -0.05) is 6.07 Å². The van der Waals surface area contributed by atoms with Gasteiger partial charge in [0.05, 0.1) is 11.6 Å². The van der Waals surface area contributed by atoms with Crippen LogP contribution in [0.4, 0.5) is 0 Å². The molecule has 0 amide bonds. The summed E-state index contributed by atoms with van der Waals surface area (Å²) in [4.78, 5) is 11.1. The Hall–Kier alpha value is -0.830. The maximum absolute atomic E-state index is 11.1. The van der Waals surface area contributed by atoms with Gasteiger partial charge < -0.3 is 4.74 Å². The number of carbonyl (C=O) groups excluding carboxylic acids is 1. The average Bonchev–Trinajstić information content (AvgIpc) is 2.14. The second-order valence-corrected chi connectivity index (χ2v) is 4.50. The van der Waals surface area contributed by atoms with Crippen molar-refractivity contribution in [2.24, 2.45) is 0 Å². The molecule has 0 N–H and O–H groups in total. The number of ether oxygens (including phenoxy) is 1. The molecule has 0 saturated heterocycles. The highest BCUT2D eigenvalue weighted by Gasteiger charge is 2.13. The number of aryl methyl sites for hydroxylation is 1. The van der Waals surface area contributed by atoms with Crippen LogP contribution in [-0.2, 0) is 11.2 Å². The highest BCUT2D eigenvalue weighted by molar-refractivity contribution is 9.10. The molecule has 0 aliphatic rings. The van der Waals surface area contributed by atoms with Crippen LogP contribution in [0.5, 0.6) is 5.75 Å². The smallest absolute Gasteiger partial charge is 0.136 e. The minimum absolute atomic E-state index is 0.142. The SMILES string of the molecule is COc1c(CC(C)=O)cc(C)c(C)c1Br. The summed E-state index contributed by atoms with van der Waals surface area (Å²) in [6.07, 6.45) is 0.420. The van der Waals surface area contributed by atoms with Gasteiger partial charge in [-0.15, -0.1) is 0 Å². The first-order valence-corrected chi connectivity index (χ1v) is 5.58. The molecule has 0 unspecified atom stereocenters. The fourth-order valence-corrected chi connectivity index (χ4v) is 2.27. The van der Waals surface area contributed by atoms with E-state index in [0.29, 0.717) is 6.42 Å². The molecule has 0 aliphatic heterocycles. The van der Waals surface area contributed by atoms with E-state index in [1.807, 2.05) is 19.9 Å². The van der Waals surface area contributed by atoms with Gasteiger partial charge in [-0.25, -0.2) is 0 Å². The Bertz CT molecular complexity index is 397. The van der Waals surface area contributed by atoms with E-state index in [9.17, 15) is 4.79 Å². The molecule has 0 heterocycles. The molecule has 2 nitrogen and oxygen atoms in total. The lowest BCUT2D eigenvalue weighted by Crippen LogP contribution is -2.02. The molecule has 0 saturated carbocycles. The molecule has 0 fully saturated rings. The zero-order chi connectivity index (χ0) is 11.6. The van der Waals surface area contributed by atoms with E-state index < -0.39 is 0 Å². The number of hydrogen-bond donors (Lipinski definition) is 0. The molecule has 82 valence electrons. The van der Waals surface area contributed by atoms with Gasteiger partial charge in [0.25, 0.3) is 0 Å². The van der Waals surface area contributed by atoms with Crippen molar-refractivity contribution in [3.05, 3.63) is 27.2 Å². The Labute approximate surface area is 98.8 Å². The molecule has 0 aromatic heterocycles. The van der Waals surface area contributed by atoms with E-state index in [1.54, 1.807) is 14.0 Å². The summed E-state index contributed by atoms with van der Waals surface area (Å²) in [6.45, 7) is 5.64. The van der Waals surface area contributed by atoms with Gasteiger partial charge in [0.1, 0.15) is 11.5 Å². The summed E-state index contributed by atoms with van der Waals surface area (Å²) in [7, 11) is 1.62. The Kier molecular flexibility index (Phi) is 3.91. The van der Waals surface area contributed by atoms with Gasteiger partial charge >= 0.3 is 0 Å². The third kappa shape index (κ3) is 2.59. The van der Waals surface area contributed by atoms with Crippen LogP contribution in [0.25, 0.3) is 0 Å². The zero-order valence-electron chi connectivity index (χ0n) is 9.48. The first kappa shape index (κ1) is 12.2. The molecular formula is C12H15BrO2. The summed E-state index contributed by atoms with van der Waals surface area (Å²) >= 11 is 3.50. The first-order valence-electron chi connectivity index (χ1n) is 4.79. The molecule has 1 aromatic rings. The van der Waals surface area contributed by atoms with E-state index in [0.717, 1.165) is 21.3 Å². The highest BCUT2D eigenvalue weighted by atomic mass is 79.9. The Morgan fingerprint density at radius 1 is 1.47 bits per heavy atom. The van der Waals surface area contributed by atoms with Gasteiger partial charge in [-0.2, -0.15) is 0 Å². The van der Waals surface area contributed by atoms with Crippen molar-refractivity contribution < 1.29 is 9.53 Å². The lowest BCUT2D eigenvalue weighted by atomic mass is 10.0. The zero-order valence-corrected chi connectivity index (χ0v) is 11.1. The summed E-state index contributed by atoms with van der Waals surface area (Å²) < 4.78 is 6.26. The summed E-state index contributed by atoms with van der Waals surface area (Å²) in [5.74, 6) is 0.914. The topological polar surface area (TPSA) is 26.3 Å². The van der Waals surface area contributed by atoms with Crippen LogP contribution in [0.1, 0.15) is 23.6 Å². The fourth-order valence-electron chi connectivity index (χ4n) is 1.54. The second-order valence-electron chi connectivity index (χ2n) is 3.70. The van der Waals surface area contributed by atoms with Crippen molar-refractivity contribution in [3.8, 4) is 5.75 Å². The summed E-state index contributed by atoms with van der Waals surface area (Å²) in [6, 6.07) is 2.01. The van der Waals surface area contributed by atoms with Crippen LogP contribution in [-0.4, -0.2) is 12.9 Å². The molecule has 3 heteroatoms. The number of rotatable bonds is 3. The number of hydrogen-bond acceptors (Lipinski definition) is 2. The van der Waals surface area contributed by atoms with Crippen molar-refractivity contribution in [2.45, 2.75) is 27.2 Å². The monoisotopic (exact) mass is 270 g/mol. The molecule has 0 radical (unpaired) electrons. The summed E-state index contributed by atoms with van der Waals surface area (Å²) in [5, 5.41) is 0. The van der Waals surface area contributed by atoms with E-state index >= 15 is 0 Å². The molecule has 0 atom stereocenters. The first-order chi connectivity index (χ1) is 6.97. The average molecular weight is 271 g/mol. The Morgan fingerprint density at radius 3 is 2.53 bits per heavy atom. The minimum atomic E-state index is 0.142. The van der Waals surface area contributed by atoms with Crippen molar-refractivity contribution in [1.82, 2.24) is 0 Å². The number of methoxy groups -OCH3 is 1. The number of carbonyl (C=O) groups is 1. The number of Topliss-reactive ketones (excluding diaryl/α,β-unsaturated/α-hetero) is 1. The Balaban J connectivity index is 3.31. The van der Waals surface area contributed by atoms with Crippen molar-refractivity contribution in [2.75, 3.05) is 7.11 Å². The third-order valence-corrected chi connectivity index (χ3v) is 3.40. The molecule has 15 heavy (non-hydrogen) atoms. The Morgan fingerprint density at radius 2 is 2.07 bits per heavy atom. The van der Waals surface area contributed by atoms with Crippen LogP contribution in [0.2, 0.25) is 0 Å². The standard InChI is InChI=1S/C12H15BrO2/c1-7-5-10(6-8(2)14)12(15-4)11(13)9(7)3/h5H,6H2,1-4H3. The van der Waals surface area contributed by atoms with Gasteiger partial charge in [-0.3, -0.25) is 4.79 Å². The van der Waals surface area contributed by atoms with Crippen LogP contribution in [0, 0.1) is 13.8 Å². The molecule has 1 aromatic carbocycles. The van der Waals surface area contributed by atoms with Gasteiger partial charge in [0.2, 0.25) is 0 Å². The van der Waals surface area contributed by atoms with Crippen molar-refractivity contribution in [3.63, 3.8) is 0 Å². The van der Waals surface area contributed by atoms with Crippen molar-refractivity contribution in [1.29, 1.82) is 0 Å². The number of benzene rings is 1. The summed E-state index contributed by atoms with van der Waals surface area (Å²) in [5.41, 5.74) is 3.26. The third-order valence-electron chi connectivity index (χ3n) is 2.45. The van der Waals surface area contributed by atoms with Crippen LogP contribution in [0.15, 0.2) is 10.5 Å². The predicted molar refractivity (Wildman–Crippen MR) is 64.6 cm³/mol. The van der Waals surface area contributed by atoms with Crippen LogP contribution >= 0.6 is 15.9 Å². The minimum Gasteiger partial charge on any atom is -0.495 e. The maximum Gasteiger partial charge on any atom is 0.136 e. The largest absolute Gasteiger partial charge is 0.495 e. The van der Waals surface area contributed by atoms with Crippen molar-refractivity contribution >= 4 is 21.7 Å². The van der Waals surface area contributed by atoms with E-state index in [-0.39, 0.29) is 5.78 Å². The van der Waals surface area contributed by atoms with E-state index in [4.69, 9.17) is 4.74 Å². The predicted octanol–water partition coefficient (Wildman–Crippen LogP) is 3.21. The molecule has 0 bridgehead atoms.